The Morgan fingerprint density at radius 2 is 2.04 bits per heavy atom. The van der Waals surface area contributed by atoms with Gasteiger partial charge in [0.15, 0.2) is 6.10 Å². The lowest BCUT2D eigenvalue weighted by Gasteiger charge is -2.18. The predicted molar refractivity (Wildman–Crippen MR) is 105 cm³/mol. The van der Waals surface area contributed by atoms with Crippen molar-refractivity contribution < 1.29 is 14.3 Å². The standard InChI is InChI=1S/C17H21ClN2O3S2/c1-12(16(22)19-10-13-6-2-3-7-14(13)18)23-15(21)11-25-17(24)20-8-4-5-9-20/h2-3,6-7,12H,4-5,8-11H2,1H3,(H,19,22)/t12-/m1/s1. The number of nitrogens with zero attached hydrogens (tertiary/aromatic N) is 1. The fourth-order valence-corrected chi connectivity index (χ4v) is 3.60. The molecular weight excluding hydrogens is 380 g/mol. The zero-order valence-corrected chi connectivity index (χ0v) is 16.4. The third-order valence-corrected chi connectivity index (χ3v) is 5.63. The van der Waals surface area contributed by atoms with E-state index in [1.807, 2.05) is 18.2 Å². The minimum Gasteiger partial charge on any atom is -0.452 e. The van der Waals surface area contributed by atoms with Gasteiger partial charge in [-0.3, -0.25) is 9.59 Å². The molecule has 1 N–H and O–H groups in total. The summed E-state index contributed by atoms with van der Waals surface area (Å²) in [6, 6.07) is 7.25. The lowest BCUT2D eigenvalue weighted by Crippen LogP contribution is -2.36. The zero-order valence-electron chi connectivity index (χ0n) is 14.0. The second kappa shape index (κ2) is 9.99. The van der Waals surface area contributed by atoms with Gasteiger partial charge in [-0.1, -0.05) is 53.8 Å². The van der Waals surface area contributed by atoms with Crippen LogP contribution in [0.2, 0.25) is 5.02 Å². The molecule has 1 amide bonds. The number of thiocarbonyl (C=S) groups is 1. The summed E-state index contributed by atoms with van der Waals surface area (Å²) in [6.45, 7) is 3.72. The largest absolute Gasteiger partial charge is 0.452 e. The fourth-order valence-electron chi connectivity index (χ4n) is 2.36. The van der Waals surface area contributed by atoms with Crippen molar-refractivity contribution in [1.82, 2.24) is 10.2 Å². The molecule has 1 fully saturated rings. The highest BCUT2D eigenvalue weighted by Crippen LogP contribution is 2.17. The topological polar surface area (TPSA) is 58.6 Å². The van der Waals surface area contributed by atoms with E-state index < -0.39 is 12.1 Å². The smallest absolute Gasteiger partial charge is 0.317 e. The third-order valence-electron chi connectivity index (χ3n) is 3.77. The molecule has 5 nitrogen and oxygen atoms in total. The van der Waals surface area contributed by atoms with Gasteiger partial charge in [0.1, 0.15) is 4.32 Å². The molecule has 136 valence electrons. The number of carbonyl (C=O) groups is 2. The van der Waals surface area contributed by atoms with E-state index >= 15 is 0 Å². The summed E-state index contributed by atoms with van der Waals surface area (Å²) in [5.74, 6) is -0.704. The van der Waals surface area contributed by atoms with Crippen LogP contribution in [0.3, 0.4) is 0 Å². The van der Waals surface area contributed by atoms with E-state index in [-0.39, 0.29) is 18.2 Å². The van der Waals surface area contributed by atoms with Crippen LogP contribution in [0.5, 0.6) is 0 Å². The Balaban J connectivity index is 1.69. The molecule has 0 aliphatic carbocycles. The van der Waals surface area contributed by atoms with Crippen LogP contribution < -0.4 is 5.32 Å². The molecule has 2 rings (SSSR count). The Morgan fingerprint density at radius 3 is 2.72 bits per heavy atom. The monoisotopic (exact) mass is 400 g/mol. The van der Waals surface area contributed by atoms with Gasteiger partial charge < -0.3 is 15.0 Å². The van der Waals surface area contributed by atoms with Crippen molar-refractivity contribution in [1.29, 1.82) is 0 Å². The number of esters is 1. The van der Waals surface area contributed by atoms with Gasteiger partial charge in [0.25, 0.3) is 5.91 Å². The first kappa shape index (κ1) is 20.0. The number of ether oxygens (including phenoxy) is 1. The Kier molecular flexibility index (Phi) is 7.99. The maximum absolute atomic E-state index is 12.0. The summed E-state index contributed by atoms with van der Waals surface area (Å²) in [5.41, 5.74) is 0.808. The summed E-state index contributed by atoms with van der Waals surface area (Å²) in [6.07, 6.45) is 1.40. The highest BCUT2D eigenvalue weighted by atomic mass is 35.5. The maximum atomic E-state index is 12.0. The van der Waals surface area contributed by atoms with Crippen molar-refractivity contribution in [3.8, 4) is 0 Å². The second-order valence-corrected chi connectivity index (χ2v) is 7.71. The molecule has 0 unspecified atom stereocenters. The lowest BCUT2D eigenvalue weighted by atomic mass is 10.2. The quantitative estimate of drug-likeness (QED) is 0.585. The molecule has 0 radical (unpaired) electrons. The van der Waals surface area contributed by atoms with Gasteiger partial charge >= 0.3 is 5.97 Å². The molecule has 1 saturated heterocycles. The predicted octanol–water partition coefficient (Wildman–Crippen LogP) is 3.00. The average molecular weight is 401 g/mol. The number of hydrogen-bond acceptors (Lipinski definition) is 5. The normalized spacial score (nSPS) is 14.9. The average Bonchev–Trinajstić information content (AvgIpc) is 3.13. The van der Waals surface area contributed by atoms with E-state index in [1.54, 1.807) is 13.0 Å². The minimum absolute atomic E-state index is 0.109. The van der Waals surface area contributed by atoms with Crippen LogP contribution >= 0.6 is 35.6 Å². The molecule has 1 aliphatic heterocycles. The number of nitrogens with one attached hydrogen (secondary N) is 1. The Labute approximate surface area is 162 Å². The van der Waals surface area contributed by atoms with Crippen molar-refractivity contribution >= 4 is 51.8 Å². The number of hydrogen-bond donors (Lipinski definition) is 1. The SMILES string of the molecule is C[C@@H](OC(=O)CSC(=S)N1CCCC1)C(=O)NCc1ccccc1Cl. The van der Waals surface area contributed by atoms with Crippen molar-refractivity contribution in [2.75, 3.05) is 18.8 Å². The molecule has 0 aromatic heterocycles. The Bertz CT molecular complexity index is 636. The van der Waals surface area contributed by atoms with E-state index in [0.29, 0.717) is 9.34 Å². The summed E-state index contributed by atoms with van der Waals surface area (Å²) in [5, 5.41) is 3.30. The number of amides is 1. The van der Waals surface area contributed by atoms with Crippen LogP contribution in [0.1, 0.15) is 25.3 Å². The summed E-state index contributed by atoms with van der Waals surface area (Å²) >= 11 is 12.6. The Hall–Kier alpha value is -1.31. The number of thioether (sulfide) groups is 1. The summed E-state index contributed by atoms with van der Waals surface area (Å²) in [7, 11) is 0. The Morgan fingerprint density at radius 1 is 1.36 bits per heavy atom. The molecule has 1 heterocycles. The van der Waals surface area contributed by atoms with Gasteiger partial charge in [-0.05, 0) is 31.4 Å². The zero-order chi connectivity index (χ0) is 18.2. The lowest BCUT2D eigenvalue weighted by molar-refractivity contribution is -0.152. The molecule has 1 aromatic carbocycles. The number of halogens is 1. The first-order chi connectivity index (χ1) is 12.0. The van der Waals surface area contributed by atoms with Crippen molar-refractivity contribution in [3.05, 3.63) is 34.9 Å². The molecule has 0 saturated carbocycles. The molecule has 25 heavy (non-hydrogen) atoms. The van der Waals surface area contributed by atoms with Gasteiger partial charge in [-0.25, -0.2) is 0 Å². The minimum atomic E-state index is -0.865. The molecular formula is C17H21ClN2O3S2. The van der Waals surface area contributed by atoms with Crippen LogP contribution in [-0.4, -0.2) is 46.0 Å². The van der Waals surface area contributed by atoms with Crippen molar-refractivity contribution in [2.24, 2.45) is 0 Å². The summed E-state index contributed by atoms with van der Waals surface area (Å²) in [4.78, 5) is 26.0. The van der Waals surface area contributed by atoms with E-state index in [4.69, 9.17) is 28.6 Å². The molecule has 8 heteroatoms. The first-order valence-corrected chi connectivity index (χ1v) is 9.87. The van der Waals surface area contributed by atoms with Gasteiger partial charge in [0.2, 0.25) is 0 Å². The first-order valence-electron chi connectivity index (χ1n) is 8.09. The van der Waals surface area contributed by atoms with E-state index in [9.17, 15) is 9.59 Å². The van der Waals surface area contributed by atoms with Gasteiger partial charge in [-0.15, -0.1) is 0 Å². The summed E-state index contributed by atoms with van der Waals surface area (Å²) < 4.78 is 5.87. The van der Waals surface area contributed by atoms with Crippen LogP contribution in [0.4, 0.5) is 0 Å². The fraction of sp³-hybridized carbons (Fsp3) is 0.471. The van der Waals surface area contributed by atoms with Crippen LogP contribution in [-0.2, 0) is 20.9 Å². The maximum Gasteiger partial charge on any atom is 0.317 e. The van der Waals surface area contributed by atoms with Crippen LogP contribution in [0.15, 0.2) is 24.3 Å². The van der Waals surface area contributed by atoms with E-state index in [0.717, 1.165) is 31.5 Å². The highest BCUT2D eigenvalue weighted by molar-refractivity contribution is 8.23. The highest BCUT2D eigenvalue weighted by Gasteiger charge is 2.20. The van der Waals surface area contributed by atoms with E-state index in [1.165, 1.54) is 11.8 Å². The van der Waals surface area contributed by atoms with Crippen molar-refractivity contribution in [2.45, 2.75) is 32.4 Å². The number of benzene rings is 1. The van der Waals surface area contributed by atoms with E-state index in [2.05, 4.69) is 10.2 Å². The number of carbonyl (C=O) groups excluding carboxylic acids is 2. The van der Waals surface area contributed by atoms with Crippen LogP contribution in [0, 0.1) is 0 Å². The molecule has 1 aromatic rings. The number of likely N-dealkylation sites (tertiary alicyclic amines) is 1. The molecule has 1 aliphatic rings. The molecule has 1 atom stereocenters. The molecule has 0 spiro atoms. The van der Waals surface area contributed by atoms with Gasteiger partial charge in [0.05, 0.1) is 5.75 Å². The molecule has 0 bridgehead atoms. The van der Waals surface area contributed by atoms with Gasteiger partial charge in [-0.2, -0.15) is 0 Å². The van der Waals surface area contributed by atoms with Crippen LogP contribution in [0.25, 0.3) is 0 Å². The van der Waals surface area contributed by atoms with Crippen molar-refractivity contribution in [3.63, 3.8) is 0 Å². The third kappa shape index (κ3) is 6.49. The van der Waals surface area contributed by atoms with Gasteiger partial charge in [0, 0.05) is 24.7 Å². The number of rotatable bonds is 6. The second-order valence-electron chi connectivity index (χ2n) is 5.69.